The first-order valence-electron chi connectivity index (χ1n) is 13.4. The minimum atomic E-state index is -4.31. The standard InChI is InChI=1S/C26H45NO6S.Na/c1-16(4-7-23(30)27-12-13-34(31,32)33)19-5-6-20-24-21(9-11-26(19,20)3)25(2)10-8-18(28)14-17(25)15-22(24)29;/h16-22,24,28-29H,4-15H2,1-3H3,(H,27,30)(H,31,32,33);/q;+1/p-1/t16-,17+,18-,19-,20+,21+,22+,24+,25+,26-;/m0./s1. The Morgan fingerprint density at radius 3 is 2.40 bits per heavy atom. The molecule has 196 valence electrons. The van der Waals surface area contributed by atoms with Crippen molar-refractivity contribution in [2.24, 2.45) is 46.3 Å². The van der Waals surface area contributed by atoms with Gasteiger partial charge in [0.25, 0.3) is 0 Å². The molecular weight excluding hydrogens is 477 g/mol. The first-order chi connectivity index (χ1) is 15.8. The van der Waals surface area contributed by atoms with Crippen LogP contribution < -0.4 is 34.9 Å². The maximum atomic E-state index is 12.2. The molecule has 1 amide bonds. The molecule has 0 aromatic carbocycles. The zero-order valence-corrected chi connectivity index (χ0v) is 24.9. The quantitative estimate of drug-likeness (QED) is 0.321. The molecule has 0 aliphatic heterocycles. The fourth-order valence-corrected chi connectivity index (χ4v) is 9.49. The van der Waals surface area contributed by atoms with E-state index in [-0.39, 0.29) is 65.0 Å². The van der Waals surface area contributed by atoms with E-state index in [4.69, 9.17) is 0 Å². The minimum absolute atomic E-state index is 0. The summed E-state index contributed by atoms with van der Waals surface area (Å²) in [6, 6.07) is 0. The van der Waals surface area contributed by atoms with Crippen LogP contribution in [0.25, 0.3) is 0 Å². The minimum Gasteiger partial charge on any atom is -0.748 e. The third kappa shape index (κ3) is 5.99. The van der Waals surface area contributed by atoms with Crippen LogP contribution in [0, 0.1) is 46.3 Å². The largest absolute Gasteiger partial charge is 1.00 e. The van der Waals surface area contributed by atoms with Gasteiger partial charge in [0.15, 0.2) is 0 Å². The van der Waals surface area contributed by atoms with E-state index in [0.29, 0.717) is 41.9 Å². The smallest absolute Gasteiger partial charge is 0.748 e. The molecule has 4 aliphatic rings. The summed E-state index contributed by atoms with van der Waals surface area (Å²) < 4.78 is 32.2. The SMILES string of the molecule is C[C@@H](CCC(=O)NCCS(=O)(=O)[O-])[C@@H]1CC[C@@H]2[C@H]3[C@H](O)C[C@H]4C[C@@H](O)CC[C@@]4(C)[C@@H]3CC[C@]21C.[Na+]. The molecule has 9 heteroatoms. The number of amides is 1. The molecule has 0 heterocycles. The Hall–Kier alpha value is 0.300. The summed E-state index contributed by atoms with van der Waals surface area (Å²) in [6.45, 7) is 6.96. The van der Waals surface area contributed by atoms with Gasteiger partial charge in [-0.3, -0.25) is 4.79 Å². The van der Waals surface area contributed by atoms with Crippen LogP contribution in [0.1, 0.15) is 85.0 Å². The van der Waals surface area contributed by atoms with Crippen molar-refractivity contribution in [2.45, 2.75) is 97.2 Å². The Kier molecular flexibility index (Phi) is 9.54. The van der Waals surface area contributed by atoms with E-state index >= 15 is 0 Å². The number of fused-ring (bicyclic) bond motifs is 5. The number of hydrogen-bond donors (Lipinski definition) is 3. The zero-order valence-electron chi connectivity index (χ0n) is 22.0. The van der Waals surface area contributed by atoms with Crippen LogP contribution in [0.2, 0.25) is 0 Å². The molecule has 0 bridgehead atoms. The van der Waals surface area contributed by atoms with E-state index in [9.17, 15) is 28.0 Å². The van der Waals surface area contributed by atoms with E-state index in [0.717, 1.165) is 51.4 Å². The first-order valence-corrected chi connectivity index (χ1v) is 15.0. The molecule has 35 heavy (non-hydrogen) atoms. The van der Waals surface area contributed by atoms with Crippen LogP contribution >= 0.6 is 0 Å². The summed E-state index contributed by atoms with van der Waals surface area (Å²) in [5, 5.41) is 24.2. The van der Waals surface area contributed by atoms with Gasteiger partial charge in [-0.25, -0.2) is 8.42 Å². The van der Waals surface area contributed by atoms with Crippen molar-refractivity contribution in [2.75, 3.05) is 12.3 Å². The van der Waals surface area contributed by atoms with Gasteiger partial charge < -0.3 is 20.1 Å². The van der Waals surface area contributed by atoms with E-state index in [1.165, 1.54) is 6.42 Å². The van der Waals surface area contributed by atoms with Gasteiger partial charge in [0.2, 0.25) is 5.91 Å². The Bertz CT molecular complexity index is 870. The maximum absolute atomic E-state index is 12.2. The van der Waals surface area contributed by atoms with Gasteiger partial charge in [0.05, 0.1) is 28.1 Å². The number of nitrogens with one attached hydrogen (secondary N) is 1. The monoisotopic (exact) mass is 521 g/mol. The second kappa shape index (κ2) is 11.2. The number of aliphatic hydroxyl groups is 2. The van der Waals surface area contributed by atoms with Crippen molar-refractivity contribution in [3.8, 4) is 0 Å². The van der Waals surface area contributed by atoms with E-state index in [1.807, 2.05) is 0 Å². The molecule has 10 atom stereocenters. The van der Waals surface area contributed by atoms with Crippen LogP contribution in [-0.4, -0.2) is 53.6 Å². The fourth-order valence-electron chi connectivity index (χ4n) is 9.14. The molecule has 0 unspecified atom stereocenters. The number of carbonyl (C=O) groups is 1. The summed E-state index contributed by atoms with van der Waals surface area (Å²) in [6.07, 6.45) is 8.78. The van der Waals surface area contributed by atoms with Gasteiger partial charge >= 0.3 is 29.6 Å². The van der Waals surface area contributed by atoms with Gasteiger partial charge in [-0.05, 0) is 104 Å². The third-order valence-corrected chi connectivity index (χ3v) is 11.6. The van der Waals surface area contributed by atoms with Crippen LogP contribution in [0.3, 0.4) is 0 Å². The van der Waals surface area contributed by atoms with Gasteiger partial charge in [-0.2, -0.15) is 0 Å². The molecule has 0 aromatic heterocycles. The second-order valence-electron chi connectivity index (χ2n) is 12.6. The van der Waals surface area contributed by atoms with Gasteiger partial charge in [0.1, 0.15) is 0 Å². The summed E-state index contributed by atoms with van der Waals surface area (Å²) in [5.41, 5.74) is 0.399. The summed E-state index contributed by atoms with van der Waals surface area (Å²) in [7, 11) is -4.31. The Labute approximate surface area is 233 Å². The topological polar surface area (TPSA) is 127 Å². The van der Waals surface area contributed by atoms with Crippen molar-refractivity contribution in [3.63, 3.8) is 0 Å². The molecule has 0 radical (unpaired) electrons. The predicted octanol–water partition coefficient (Wildman–Crippen LogP) is 0.0587. The van der Waals surface area contributed by atoms with Gasteiger partial charge in [0, 0.05) is 13.0 Å². The predicted molar refractivity (Wildman–Crippen MR) is 129 cm³/mol. The van der Waals surface area contributed by atoms with E-state index in [2.05, 4.69) is 26.1 Å². The summed E-state index contributed by atoms with van der Waals surface area (Å²) in [5.74, 6) is 1.92. The van der Waals surface area contributed by atoms with Crippen molar-refractivity contribution in [1.29, 1.82) is 0 Å². The molecule has 4 saturated carbocycles. The zero-order chi connectivity index (χ0) is 24.9. The molecular formula is C26H44NNaO6S. The van der Waals surface area contributed by atoms with Gasteiger partial charge in [-0.1, -0.05) is 20.8 Å². The van der Waals surface area contributed by atoms with Crippen LogP contribution in [0.5, 0.6) is 0 Å². The van der Waals surface area contributed by atoms with Crippen LogP contribution in [0.4, 0.5) is 0 Å². The summed E-state index contributed by atoms with van der Waals surface area (Å²) in [4.78, 5) is 12.2. The normalized spacial score (nSPS) is 43.8. The van der Waals surface area contributed by atoms with Crippen molar-refractivity contribution >= 4 is 16.0 Å². The molecule has 0 aromatic rings. The molecule has 0 saturated heterocycles. The third-order valence-electron chi connectivity index (χ3n) is 10.9. The molecule has 4 rings (SSSR count). The van der Waals surface area contributed by atoms with Gasteiger partial charge in [-0.15, -0.1) is 0 Å². The number of carbonyl (C=O) groups excluding carboxylic acids is 1. The van der Waals surface area contributed by atoms with E-state index < -0.39 is 15.9 Å². The molecule has 7 nitrogen and oxygen atoms in total. The molecule has 4 fully saturated rings. The number of aliphatic hydroxyl groups excluding tert-OH is 2. The number of rotatable bonds is 7. The Morgan fingerprint density at radius 1 is 1.06 bits per heavy atom. The van der Waals surface area contributed by atoms with Crippen molar-refractivity contribution in [3.05, 3.63) is 0 Å². The van der Waals surface area contributed by atoms with E-state index in [1.54, 1.807) is 0 Å². The van der Waals surface area contributed by atoms with Crippen LogP contribution in [0.15, 0.2) is 0 Å². The second-order valence-corrected chi connectivity index (χ2v) is 14.1. The molecule has 3 N–H and O–H groups in total. The fraction of sp³-hybridized carbons (Fsp3) is 0.962. The Balaban J connectivity index is 0.00000342. The molecule has 0 spiro atoms. The first kappa shape index (κ1) is 29.9. The van der Waals surface area contributed by atoms with Crippen molar-refractivity contribution < 1.29 is 57.5 Å². The maximum Gasteiger partial charge on any atom is 1.00 e. The average Bonchev–Trinajstić information content (AvgIpc) is 3.09. The molecule has 4 aliphatic carbocycles. The number of hydrogen-bond acceptors (Lipinski definition) is 6. The van der Waals surface area contributed by atoms with Crippen LogP contribution in [-0.2, 0) is 14.9 Å². The van der Waals surface area contributed by atoms with Crippen molar-refractivity contribution in [1.82, 2.24) is 5.32 Å². The average molecular weight is 522 g/mol. The summed E-state index contributed by atoms with van der Waals surface area (Å²) >= 11 is 0. The Morgan fingerprint density at radius 2 is 1.71 bits per heavy atom.